The van der Waals surface area contributed by atoms with E-state index in [4.69, 9.17) is 0 Å². The summed E-state index contributed by atoms with van der Waals surface area (Å²) in [4.78, 5) is 19.9. The van der Waals surface area contributed by atoms with Gasteiger partial charge in [-0.05, 0) is 38.0 Å². The monoisotopic (exact) mass is 509 g/mol. The van der Waals surface area contributed by atoms with E-state index in [9.17, 15) is 13.6 Å². The topological polar surface area (TPSA) is 60.0 Å². The van der Waals surface area contributed by atoms with E-state index in [1.165, 1.54) is 6.07 Å². The molecule has 0 saturated carbocycles. The highest BCUT2D eigenvalue weighted by Crippen LogP contribution is 2.12. The van der Waals surface area contributed by atoms with Crippen LogP contribution in [0.25, 0.3) is 0 Å². The van der Waals surface area contributed by atoms with E-state index < -0.39 is 11.6 Å². The summed E-state index contributed by atoms with van der Waals surface area (Å²) in [5.74, 6) is -0.244. The Morgan fingerprint density at radius 3 is 2.57 bits per heavy atom. The zero-order valence-electron chi connectivity index (χ0n) is 16.7. The van der Waals surface area contributed by atoms with Crippen molar-refractivity contribution < 1.29 is 13.6 Å². The molecule has 9 heteroatoms. The maximum absolute atomic E-state index is 13.8. The van der Waals surface area contributed by atoms with Gasteiger partial charge in [0.25, 0.3) is 0 Å². The van der Waals surface area contributed by atoms with Crippen LogP contribution in [0.4, 0.5) is 8.78 Å². The van der Waals surface area contributed by atoms with Crippen molar-refractivity contribution in [2.45, 2.75) is 32.4 Å². The Labute approximate surface area is 182 Å². The number of likely N-dealkylation sites (tertiary alicyclic amines) is 1. The molecule has 2 N–H and O–H groups in total. The highest BCUT2D eigenvalue weighted by molar-refractivity contribution is 14.0. The van der Waals surface area contributed by atoms with E-state index in [1.807, 2.05) is 6.92 Å². The number of hydrogen-bond acceptors (Lipinski definition) is 3. The molecule has 1 heterocycles. The zero-order valence-corrected chi connectivity index (χ0v) is 19.0. The van der Waals surface area contributed by atoms with Gasteiger partial charge in [-0.25, -0.2) is 13.8 Å². The van der Waals surface area contributed by atoms with Crippen LogP contribution in [0.1, 0.15) is 25.3 Å². The zero-order chi connectivity index (χ0) is 19.8. The van der Waals surface area contributed by atoms with Crippen LogP contribution in [-0.2, 0) is 11.3 Å². The van der Waals surface area contributed by atoms with Gasteiger partial charge in [0.15, 0.2) is 5.96 Å². The molecule has 2 rings (SSSR count). The van der Waals surface area contributed by atoms with Gasteiger partial charge in [0.2, 0.25) is 5.91 Å². The molecule has 0 bridgehead atoms. The summed E-state index contributed by atoms with van der Waals surface area (Å²) < 4.78 is 27.0. The highest BCUT2D eigenvalue weighted by atomic mass is 127. The van der Waals surface area contributed by atoms with Gasteiger partial charge in [-0.15, -0.1) is 24.0 Å². The summed E-state index contributed by atoms with van der Waals surface area (Å²) in [6.07, 6.45) is 1.78. The first kappa shape index (κ1) is 24.5. The van der Waals surface area contributed by atoms with Crippen LogP contribution in [-0.4, -0.2) is 68.0 Å². The standard InChI is InChI=1S/C19H29F2N5O.HI/c1-4-22-19(23-12-14-11-15(20)5-6-17(14)21)24-16-7-9-26(10-8-16)13-18(27)25(2)3;/h5-6,11,16H,4,7-10,12-13H2,1-3H3,(H2,22,23,24);1H. The number of guanidine groups is 1. The van der Waals surface area contributed by atoms with Crippen molar-refractivity contribution in [1.29, 1.82) is 0 Å². The van der Waals surface area contributed by atoms with Crippen LogP contribution in [0.5, 0.6) is 0 Å². The number of carbonyl (C=O) groups is 1. The molecule has 1 amide bonds. The summed E-state index contributed by atoms with van der Waals surface area (Å²) in [6, 6.07) is 3.61. The first-order valence-electron chi connectivity index (χ1n) is 9.30. The molecule has 1 aliphatic rings. The number of nitrogens with one attached hydrogen (secondary N) is 2. The van der Waals surface area contributed by atoms with Gasteiger partial charge in [-0.3, -0.25) is 9.69 Å². The smallest absolute Gasteiger partial charge is 0.236 e. The van der Waals surface area contributed by atoms with Crippen molar-refractivity contribution in [3.63, 3.8) is 0 Å². The molecular formula is C19H30F2IN5O. The molecular weight excluding hydrogens is 479 g/mol. The Balaban J connectivity index is 0.00000392. The molecule has 0 aromatic heterocycles. The van der Waals surface area contributed by atoms with Crippen molar-refractivity contribution >= 4 is 35.8 Å². The molecule has 0 radical (unpaired) electrons. The summed E-state index contributed by atoms with van der Waals surface area (Å²) in [6.45, 7) is 4.79. The fourth-order valence-electron chi connectivity index (χ4n) is 2.91. The lowest BCUT2D eigenvalue weighted by Crippen LogP contribution is -2.50. The first-order valence-corrected chi connectivity index (χ1v) is 9.30. The lowest BCUT2D eigenvalue weighted by atomic mass is 10.1. The van der Waals surface area contributed by atoms with Gasteiger partial charge in [0.1, 0.15) is 11.6 Å². The van der Waals surface area contributed by atoms with E-state index in [0.29, 0.717) is 19.0 Å². The van der Waals surface area contributed by atoms with E-state index in [2.05, 4.69) is 20.5 Å². The van der Waals surface area contributed by atoms with Gasteiger partial charge in [0.05, 0.1) is 13.1 Å². The van der Waals surface area contributed by atoms with Crippen LogP contribution in [0.2, 0.25) is 0 Å². The summed E-state index contributed by atoms with van der Waals surface area (Å²) in [5, 5.41) is 6.50. The average molecular weight is 509 g/mol. The quantitative estimate of drug-likeness (QED) is 0.351. The number of carbonyl (C=O) groups excluding carboxylic acids is 1. The maximum atomic E-state index is 13.8. The Hall–Kier alpha value is -1.49. The number of benzene rings is 1. The van der Waals surface area contributed by atoms with Crippen LogP contribution < -0.4 is 10.6 Å². The van der Waals surface area contributed by atoms with Gasteiger partial charge in [-0.1, -0.05) is 0 Å². The number of rotatable bonds is 6. The molecule has 0 unspecified atom stereocenters. The summed E-state index contributed by atoms with van der Waals surface area (Å²) in [7, 11) is 3.52. The fourth-order valence-corrected chi connectivity index (χ4v) is 2.91. The Kier molecular flexibility index (Phi) is 10.7. The number of likely N-dealkylation sites (N-methyl/N-ethyl adjacent to an activating group) is 1. The molecule has 1 aromatic carbocycles. The minimum Gasteiger partial charge on any atom is -0.357 e. The van der Waals surface area contributed by atoms with Crippen molar-refractivity contribution in [3.8, 4) is 0 Å². The minimum absolute atomic E-state index is 0. The number of nitrogens with zero attached hydrogens (tertiary/aromatic N) is 3. The van der Waals surface area contributed by atoms with Gasteiger partial charge < -0.3 is 15.5 Å². The molecule has 6 nitrogen and oxygen atoms in total. The number of amides is 1. The van der Waals surface area contributed by atoms with E-state index in [0.717, 1.165) is 38.1 Å². The normalized spacial score (nSPS) is 15.7. The third-order valence-electron chi connectivity index (χ3n) is 4.55. The van der Waals surface area contributed by atoms with Gasteiger partial charge in [-0.2, -0.15) is 0 Å². The Morgan fingerprint density at radius 1 is 1.29 bits per heavy atom. The second-order valence-electron chi connectivity index (χ2n) is 6.91. The Morgan fingerprint density at radius 2 is 1.96 bits per heavy atom. The molecule has 1 aliphatic heterocycles. The van der Waals surface area contributed by atoms with Crippen LogP contribution in [0.15, 0.2) is 23.2 Å². The third-order valence-corrected chi connectivity index (χ3v) is 4.55. The number of hydrogen-bond donors (Lipinski definition) is 2. The second-order valence-corrected chi connectivity index (χ2v) is 6.91. The molecule has 158 valence electrons. The Bertz CT molecular complexity index is 664. The van der Waals surface area contributed by atoms with Crippen molar-refractivity contribution in [3.05, 3.63) is 35.4 Å². The molecule has 1 fully saturated rings. The summed E-state index contributed by atoms with van der Waals surface area (Å²) in [5.41, 5.74) is 0.226. The first-order chi connectivity index (χ1) is 12.9. The number of piperidine rings is 1. The summed E-state index contributed by atoms with van der Waals surface area (Å²) >= 11 is 0. The van der Waals surface area contributed by atoms with Gasteiger partial charge >= 0.3 is 0 Å². The fraction of sp³-hybridized carbons (Fsp3) is 0.579. The molecule has 0 atom stereocenters. The van der Waals surface area contributed by atoms with E-state index >= 15 is 0 Å². The third kappa shape index (κ3) is 7.86. The van der Waals surface area contributed by atoms with E-state index in [1.54, 1.807) is 19.0 Å². The van der Waals surface area contributed by atoms with Crippen LogP contribution in [0.3, 0.4) is 0 Å². The SMILES string of the molecule is CCNC(=NCc1cc(F)ccc1F)NC1CCN(CC(=O)N(C)C)CC1.I. The van der Waals surface area contributed by atoms with Crippen molar-refractivity contribution in [1.82, 2.24) is 20.4 Å². The predicted octanol–water partition coefficient (Wildman–Crippen LogP) is 2.19. The average Bonchev–Trinajstić information content (AvgIpc) is 2.64. The van der Waals surface area contributed by atoms with E-state index in [-0.39, 0.29) is 48.0 Å². The number of halogens is 3. The van der Waals surface area contributed by atoms with Gasteiger partial charge in [0, 0.05) is 45.3 Å². The lowest BCUT2D eigenvalue weighted by molar-refractivity contribution is -0.130. The maximum Gasteiger partial charge on any atom is 0.236 e. The molecule has 1 saturated heterocycles. The minimum atomic E-state index is -0.473. The molecule has 28 heavy (non-hydrogen) atoms. The van der Waals surface area contributed by atoms with Crippen LogP contribution >= 0.6 is 24.0 Å². The largest absolute Gasteiger partial charge is 0.357 e. The van der Waals surface area contributed by atoms with Crippen molar-refractivity contribution in [2.24, 2.45) is 4.99 Å². The molecule has 1 aromatic rings. The second kappa shape index (κ2) is 12.2. The lowest BCUT2D eigenvalue weighted by Gasteiger charge is -2.33. The predicted molar refractivity (Wildman–Crippen MR) is 118 cm³/mol. The highest BCUT2D eigenvalue weighted by Gasteiger charge is 2.22. The molecule has 0 aliphatic carbocycles. The number of aliphatic imine (C=N–C) groups is 1. The molecule has 0 spiro atoms. The van der Waals surface area contributed by atoms with Crippen LogP contribution in [0, 0.1) is 11.6 Å². The van der Waals surface area contributed by atoms with Crippen molar-refractivity contribution in [2.75, 3.05) is 40.3 Å².